The molecule has 0 aliphatic carbocycles. The highest BCUT2D eigenvalue weighted by Gasteiger charge is 2.28. The number of quaternary nitrogens is 1. The Bertz CT molecular complexity index is 1270. The lowest BCUT2D eigenvalue weighted by atomic mass is 10.0. The van der Waals surface area contributed by atoms with Crippen molar-refractivity contribution in [2.24, 2.45) is 0 Å². The molecule has 3 atom stereocenters. The molecule has 0 saturated carbocycles. The van der Waals surface area contributed by atoms with E-state index in [1.807, 2.05) is 21.1 Å². The summed E-state index contributed by atoms with van der Waals surface area (Å²) in [6, 6.07) is -0.756. The Hall–Kier alpha value is -1.28. The van der Waals surface area contributed by atoms with Crippen molar-refractivity contribution in [1.29, 1.82) is 0 Å². The minimum absolute atomic E-state index is 0.0766. The first-order chi connectivity index (χ1) is 35.0. The van der Waals surface area contributed by atoms with Crippen LogP contribution in [0.15, 0.2) is 36.5 Å². The molecular formula is C63H124N2O6P+. The monoisotopic (exact) mass is 1040 g/mol. The predicted molar refractivity (Wildman–Crippen MR) is 314 cm³/mol. The highest BCUT2D eigenvalue weighted by molar-refractivity contribution is 7.47. The molecule has 0 saturated heterocycles. The van der Waals surface area contributed by atoms with Crippen LogP contribution in [0.3, 0.4) is 0 Å². The molecule has 0 aromatic rings. The Kier molecular flexibility index (Phi) is 53.5. The molecule has 0 bridgehead atoms. The third kappa shape index (κ3) is 56.4. The molecule has 0 radical (unpaired) electrons. The van der Waals surface area contributed by atoms with E-state index in [4.69, 9.17) is 9.05 Å². The summed E-state index contributed by atoms with van der Waals surface area (Å²) in [7, 11) is 1.63. The van der Waals surface area contributed by atoms with E-state index in [9.17, 15) is 19.4 Å². The molecule has 0 rings (SSSR count). The molecule has 0 aromatic heterocycles. The molecular weight excluding hydrogens is 912 g/mol. The number of nitrogens with zero attached hydrogens (tertiary/aromatic N) is 1. The van der Waals surface area contributed by atoms with Gasteiger partial charge in [0.1, 0.15) is 13.2 Å². The summed E-state index contributed by atoms with van der Waals surface area (Å²) in [5, 5.41) is 14.0. The average molecular weight is 1040 g/mol. The first-order valence-electron chi connectivity index (χ1n) is 31.4. The fraction of sp³-hybridized carbons (Fsp3) is 0.889. The Morgan fingerprint density at radius 3 is 1.15 bits per heavy atom. The molecule has 3 unspecified atom stereocenters. The number of unbranched alkanes of at least 4 members (excludes halogenated alkanes) is 39. The summed E-state index contributed by atoms with van der Waals surface area (Å²) in [4.78, 5) is 23.2. The van der Waals surface area contributed by atoms with Gasteiger partial charge in [-0.15, -0.1) is 0 Å². The van der Waals surface area contributed by atoms with Gasteiger partial charge in [-0.25, -0.2) is 4.57 Å². The molecule has 0 aromatic carbocycles. The van der Waals surface area contributed by atoms with Gasteiger partial charge in [-0.3, -0.25) is 13.8 Å². The number of aliphatic hydroxyl groups excluding tert-OH is 1. The number of hydrogen-bond acceptors (Lipinski definition) is 5. The van der Waals surface area contributed by atoms with E-state index >= 15 is 0 Å². The highest BCUT2D eigenvalue weighted by Crippen LogP contribution is 2.43. The van der Waals surface area contributed by atoms with Gasteiger partial charge in [-0.1, -0.05) is 288 Å². The number of likely N-dealkylation sites (N-methyl/N-ethyl adjacent to an activating group) is 1. The van der Waals surface area contributed by atoms with Gasteiger partial charge in [0.05, 0.1) is 39.9 Å². The van der Waals surface area contributed by atoms with Crippen molar-refractivity contribution in [3.8, 4) is 0 Å². The van der Waals surface area contributed by atoms with Crippen LogP contribution in [0.25, 0.3) is 0 Å². The number of nitrogens with one attached hydrogen (secondary N) is 1. The summed E-state index contributed by atoms with van der Waals surface area (Å²) in [5.41, 5.74) is 0. The number of rotatable bonds is 58. The fourth-order valence-electron chi connectivity index (χ4n) is 9.47. The van der Waals surface area contributed by atoms with E-state index in [1.54, 1.807) is 0 Å². The number of hydrogen-bond donors (Lipinski definition) is 3. The van der Waals surface area contributed by atoms with Crippen LogP contribution in [0.4, 0.5) is 0 Å². The molecule has 0 aliphatic heterocycles. The van der Waals surface area contributed by atoms with E-state index in [1.165, 1.54) is 231 Å². The normalized spacial score (nSPS) is 14.0. The highest BCUT2D eigenvalue weighted by atomic mass is 31.2. The van der Waals surface area contributed by atoms with E-state index < -0.39 is 20.0 Å². The lowest BCUT2D eigenvalue weighted by Crippen LogP contribution is -2.46. The van der Waals surface area contributed by atoms with Gasteiger partial charge in [0.2, 0.25) is 5.91 Å². The summed E-state index contributed by atoms with van der Waals surface area (Å²) in [6.45, 7) is 4.87. The van der Waals surface area contributed by atoms with Crippen molar-refractivity contribution in [2.45, 2.75) is 321 Å². The van der Waals surface area contributed by atoms with Gasteiger partial charge >= 0.3 is 7.82 Å². The van der Waals surface area contributed by atoms with Crippen LogP contribution in [-0.4, -0.2) is 73.4 Å². The van der Waals surface area contributed by atoms with Crippen molar-refractivity contribution >= 4 is 13.7 Å². The summed E-state index contributed by atoms with van der Waals surface area (Å²) in [6.07, 6.45) is 71.2. The molecule has 8 nitrogen and oxygen atoms in total. The second-order valence-corrected chi connectivity index (χ2v) is 24.2. The van der Waals surface area contributed by atoms with Crippen molar-refractivity contribution < 1.29 is 32.9 Å². The number of carbonyl (C=O) groups excluding carboxylic acids is 1. The Morgan fingerprint density at radius 1 is 0.472 bits per heavy atom. The average Bonchev–Trinajstić information content (AvgIpc) is 3.34. The van der Waals surface area contributed by atoms with Crippen LogP contribution in [0.1, 0.15) is 309 Å². The number of phosphoric ester groups is 1. The predicted octanol–water partition coefficient (Wildman–Crippen LogP) is 19.3. The van der Waals surface area contributed by atoms with Gasteiger partial charge in [-0.2, -0.15) is 0 Å². The zero-order valence-electron chi connectivity index (χ0n) is 48.7. The van der Waals surface area contributed by atoms with E-state index in [-0.39, 0.29) is 19.1 Å². The maximum absolute atomic E-state index is 12.9. The van der Waals surface area contributed by atoms with Crippen LogP contribution in [-0.2, 0) is 18.4 Å². The van der Waals surface area contributed by atoms with Crippen LogP contribution >= 0.6 is 7.82 Å². The third-order valence-corrected chi connectivity index (χ3v) is 15.4. The van der Waals surface area contributed by atoms with Crippen molar-refractivity contribution in [2.75, 3.05) is 40.9 Å². The molecule has 0 heterocycles. The van der Waals surface area contributed by atoms with Gasteiger partial charge in [0, 0.05) is 6.42 Å². The maximum Gasteiger partial charge on any atom is 0.472 e. The lowest BCUT2D eigenvalue weighted by molar-refractivity contribution is -0.870. The third-order valence-electron chi connectivity index (χ3n) is 14.4. The van der Waals surface area contributed by atoms with Crippen LogP contribution in [0.5, 0.6) is 0 Å². The maximum atomic E-state index is 12.9. The molecule has 72 heavy (non-hydrogen) atoms. The minimum atomic E-state index is -4.31. The first kappa shape index (κ1) is 70.7. The molecule has 0 spiro atoms. The molecule has 0 fully saturated rings. The fourth-order valence-corrected chi connectivity index (χ4v) is 10.2. The molecule has 426 valence electrons. The number of amides is 1. The zero-order valence-corrected chi connectivity index (χ0v) is 49.6. The van der Waals surface area contributed by atoms with E-state index in [0.29, 0.717) is 23.9 Å². The Labute approximate surface area is 448 Å². The summed E-state index contributed by atoms with van der Waals surface area (Å²) < 4.78 is 23.7. The van der Waals surface area contributed by atoms with Gasteiger partial charge < -0.3 is 19.8 Å². The van der Waals surface area contributed by atoms with Crippen molar-refractivity contribution in [3.05, 3.63) is 36.5 Å². The van der Waals surface area contributed by atoms with Crippen LogP contribution in [0, 0.1) is 0 Å². The van der Waals surface area contributed by atoms with Gasteiger partial charge in [0.25, 0.3) is 0 Å². The van der Waals surface area contributed by atoms with E-state index in [2.05, 4.69) is 55.6 Å². The Balaban J connectivity index is 3.74. The largest absolute Gasteiger partial charge is 0.472 e. The van der Waals surface area contributed by atoms with Gasteiger partial charge in [0.15, 0.2) is 0 Å². The number of phosphoric acid groups is 1. The van der Waals surface area contributed by atoms with Crippen LogP contribution < -0.4 is 5.32 Å². The zero-order chi connectivity index (χ0) is 52.7. The standard InChI is InChI=1S/C63H123N2O6P/c1-6-8-10-12-14-16-17-18-19-20-21-22-23-24-25-26-27-28-29-30-31-32-33-34-35-36-37-38-39-40-41-42-43-44-45-46-47-49-51-53-55-57-63(67)64-61(60-71-72(68,69)70-59-58-65(3,4)5)62(66)56-54-52-50-48-15-13-11-9-7-2/h17-18,20-21,23-24,61-62,66H,6-16,19,22,25-60H2,1-5H3,(H-,64,67,68,69)/p+1/b18-17-,21-20-,24-23-. The lowest BCUT2D eigenvalue weighted by Gasteiger charge is -2.26. The van der Waals surface area contributed by atoms with Crippen molar-refractivity contribution in [3.63, 3.8) is 0 Å². The summed E-state index contributed by atoms with van der Waals surface area (Å²) >= 11 is 0. The second-order valence-electron chi connectivity index (χ2n) is 22.8. The molecule has 3 N–H and O–H groups in total. The summed E-state index contributed by atoms with van der Waals surface area (Å²) in [5.74, 6) is -0.141. The number of carbonyl (C=O) groups is 1. The van der Waals surface area contributed by atoms with Crippen LogP contribution in [0.2, 0.25) is 0 Å². The Morgan fingerprint density at radius 2 is 0.792 bits per heavy atom. The SMILES string of the molecule is CCCCCCC/C=C\C/C=C\C/C=C\CCCCCCCCCCCCCCCCCCCCCCCCCCCCC(=O)NC(COP(=O)(O)OCC[N+](C)(C)C)C(O)CCCCCCCCCCC. The minimum Gasteiger partial charge on any atom is -0.391 e. The van der Waals surface area contributed by atoms with E-state index in [0.717, 1.165) is 51.4 Å². The molecule has 1 amide bonds. The topological polar surface area (TPSA) is 105 Å². The van der Waals surface area contributed by atoms with Gasteiger partial charge in [-0.05, 0) is 51.4 Å². The molecule has 0 aliphatic rings. The first-order valence-corrected chi connectivity index (χ1v) is 32.8. The second kappa shape index (κ2) is 54.5. The quantitative estimate of drug-likeness (QED) is 0.0243. The molecule has 9 heteroatoms. The number of aliphatic hydroxyl groups is 1. The van der Waals surface area contributed by atoms with Crippen molar-refractivity contribution in [1.82, 2.24) is 5.32 Å². The number of allylic oxidation sites excluding steroid dienone is 6. The smallest absolute Gasteiger partial charge is 0.391 e.